The van der Waals surface area contributed by atoms with E-state index in [1.54, 1.807) is 36.4 Å². The second kappa shape index (κ2) is 12.0. The number of nitrogens with zero attached hydrogens (tertiary/aromatic N) is 1. The lowest BCUT2D eigenvalue weighted by molar-refractivity contribution is -0.127. The maximum atomic E-state index is 12.8. The second-order valence-electron chi connectivity index (χ2n) is 8.01. The Kier molecular flexibility index (Phi) is 9.06. The van der Waals surface area contributed by atoms with Crippen molar-refractivity contribution in [1.82, 2.24) is 4.90 Å². The van der Waals surface area contributed by atoms with Crippen LogP contribution < -0.4 is 19.5 Å². The van der Waals surface area contributed by atoms with Gasteiger partial charge in [-0.15, -0.1) is 0 Å². The highest BCUT2D eigenvalue weighted by Gasteiger charge is 2.36. The minimum absolute atomic E-state index is 0.216. The summed E-state index contributed by atoms with van der Waals surface area (Å²) >= 11 is 6.85. The molecule has 186 valence electrons. The topological polar surface area (TPSA) is 94.2 Å². The van der Waals surface area contributed by atoms with Crippen molar-refractivity contribution in [2.75, 3.05) is 32.2 Å². The highest BCUT2D eigenvalue weighted by molar-refractivity contribution is 8.18. The smallest absolute Gasteiger partial charge is 0.294 e. The summed E-state index contributed by atoms with van der Waals surface area (Å²) in [7, 11) is 1.49. The number of nitrogens with one attached hydrogen (secondary N) is 1. The van der Waals surface area contributed by atoms with Gasteiger partial charge >= 0.3 is 0 Å². The van der Waals surface area contributed by atoms with Crippen LogP contribution >= 0.6 is 23.4 Å². The average Bonchev–Trinajstić information content (AvgIpc) is 3.06. The highest BCUT2D eigenvalue weighted by Crippen LogP contribution is 2.35. The highest BCUT2D eigenvalue weighted by atomic mass is 35.5. The van der Waals surface area contributed by atoms with Gasteiger partial charge in [-0.25, -0.2) is 0 Å². The molecule has 0 saturated carbocycles. The predicted molar refractivity (Wildman–Crippen MR) is 137 cm³/mol. The fraction of sp³-hybridized carbons (Fsp3) is 0.320. The molecule has 0 atom stereocenters. The van der Waals surface area contributed by atoms with Crippen molar-refractivity contribution < 1.29 is 28.6 Å². The van der Waals surface area contributed by atoms with Crippen LogP contribution in [0.3, 0.4) is 0 Å². The van der Waals surface area contributed by atoms with Crippen LogP contribution in [-0.4, -0.2) is 48.8 Å². The van der Waals surface area contributed by atoms with E-state index in [-0.39, 0.29) is 4.91 Å². The van der Waals surface area contributed by atoms with E-state index in [9.17, 15) is 14.4 Å². The van der Waals surface area contributed by atoms with Crippen molar-refractivity contribution in [3.63, 3.8) is 0 Å². The van der Waals surface area contributed by atoms with Crippen molar-refractivity contribution in [2.45, 2.75) is 20.8 Å². The molecular weight excluding hydrogens is 492 g/mol. The van der Waals surface area contributed by atoms with Crippen LogP contribution in [0.25, 0.3) is 6.08 Å². The lowest BCUT2D eigenvalue weighted by Gasteiger charge is -2.14. The third kappa shape index (κ3) is 6.93. The van der Waals surface area contributed by atoms with Crippen molar-refractivity contribution in [3.8, 4) is 17.2 Å². The van der Waals surface area contributed by atoms with Gasteiger partial charge in [-0.1, -0.05) is 31.5 Å². The van der Waals surface area contributed by atoms with Crippen LogP contribution in [-0.2, 0) is 9.59 Å². The zero-order valence-corrected chi connectivity index (χ0v) is 21.5. The van der Waals surface area contributed by atoms with E-state index in [1.165, 1.54) is 13.2 Å². The third-order valence-corrected chi connectivity index (χ3v) is 5.95. The quantitative estimate of drug-likeness (QED) is 0.417. The molecule has 10 heteroatoms. The van der Waals surface area contributed by atoms with Gasteiger partial charge in [0, 0.05) is 5.69 Å². The van der Waals surface area contributed by atoms with Gasteiger partial charge in [0.05, 0.1) is 30.3 Å². The number of methoxy groups -OCH3 is 1. The molecule has 1 heterocycles. The fourth-order valence-corrected chi connectivity index (χ4v) is 4.23. The zero-order chi connectivity index (χ0) is 25.5. The number of amides is 3. The van der Waals surface area contributed by atoms with Crippen LogP contribution in [0, 0.1) is 5.92 Å². The molecule has 0 bridgehead atoms. The van der Waals surface area contributed by atoms with Crippen molar-refractivity contribution in [2.24, 2.45) is 5.92 Å². The molecule has 1 N–H and O–H groups in total. The molecule has 2 aromatic rings. The molecule has 1 saturated heterocycles. The Morgan fingerprint density at radius 1 is 1.11 bits per heavy atom. The first-order valence-electron chi connectivity index (χ1n) is 11.0. The number of thioether (sulfide) groups is 1. The minimum atomic E-state index is -0.541. The number of hydrogen-bond donors (Lipinski definition) is 1. The van der Waals surface area contributed by atoms with E-state index in [0.29, 0.717) is 52.7 Å². The Hall–Kier alpha value is -3.17. The van der Waals surface area contributed by atoms with E-state index in [4.69, 9.17) is 25.8 Å². The molecule has 35 heavy (non-hydrogen) atoms. The van der Waals surface area contributed by atoms with Gasteiger partial charge in [-0.05, 0) is 66.6 Å². The maximum Gasteiger partial charge on any atom is 0.294 e. The van der Waals surface area contributed by atoms with Crippen molar-refractivity contribution >= 4 is 52.2 Å². The van der Waals surface area contributed by atoms with Gasteiger partial charge in [0.15, 0.2) is 11.5 Å². The Balaban J connectivity index is 1.70. The van der Waals surface area contributed by atoms with Gasteiger partial charge in [0.2, 0.25) is 5.91 Å². The minimum Gasteiger partial charge on any atom is -0.495 e. The number of halogens is 1. The monoisotopic (exact) mass is 518 g/mol. The summed E-state index contributed by atoms with van der Waals surface area (Å²) in [6.45, 7) is 6.55. The number of carbonyl (C=O) groups excluding carboxylic acids is 3. The summed E-state index contributed by atoms with van der Waals surface area (Å²) in [6, 6.07) is 10.1. The van der Waals surface area contributed by atoms with E-state index in [1.807, 2.05) is 6.92 Å². The Morgan fingerprint density at radius 2 is 1.86 bits per heavy atom. The zero-order valence-electron chi connectivity index (χ0n) is 19.9. The largest absolute Gasteiger partial charge is 0.495 e. The Bertz CT molecular complexity index is 1150. The van der Waals surface area contributed by atoms with Crippen LogP contribution in [0.15, 0.2) is 41.3 Å². The average molecular weight is 519 g/mol. The molecule has 0 aromatic heterocycles. The molecule has 3 rings (SSSR count). The SMILES string of the molecule is CCOc1cc(/C=C2\SC(=O)N(CC(=O)Nc3ccc(OC)c(Cl)c3)C2=O)ccc1OCC(C)C. The van der Waals surface area contributed by atoms with Gasteiger partial charge in [0.25, 0.3) is 11.1 Å². The third-order valence-electron chi connectivity index (χ3n) is 4.75. The summed E-state index contributed by atoms with van der Waals surface area (Å²) in [5.41, 5.74) is 1.10. The van der Waals surface area contributed by atoms with E-state index in [0.717, 1.165) is 16.7 Å². The fourth-order valence-electron chi connectivity index (χ4n) is 3.13. The van der Waals surface area contributed by atoms with Crippen LogP contribution in [0.1, 0.15) is 26.3 Å². The molecule has 1 fully saturated rings. The summed E-state index contributed by atoms with van der Waals surface area (Å²) in [4.78, 5) is 38.9. The Morgan fingerprint density at radius 3 is 2.51 bits per heavy atom. The van der Waals surface area contributed by atoms with Gasteiger partial charge in [0.1, 0.15) is 12.3 Å². The molecular formula is C25H27ClN2O6S. The summed E-state index contributed by atoms with van der Waals surface area (Å²) in [5.74, 6) is 0.920. The molecule has 2 aromatic carbocycles. The van der Waals surface area contributed by atoms with E-state index >= 15 is 0 Å². The van der Waals surface area contributed by atoms with E-state index in [2.05, 4.69) is 19.2 Å². The molecule has 0 aliphatic carbocycles. The number of rotatable bonds is 10. The van der Waals surface area contributed by atoms with Gasteiger partial charge in [-0.3, -0.25) is 19.3 Å². The summed E-state index contributed by atoms with van der Waals surface area (Å²) < 4.78 is 16.6. The molecule has 0 radical (unpaired) electrons. The van der Waals surface area contributed by atoms with Crippen molar-refractivity contribution in [3.05, 3.63) is 51.9 Å². The first-order valence-corrected chi connectivity index (χ1v) is 12.2. The molecule has 0 spiro atoms. The number of carbonyl (C=O) groups is 3. The normalized spacial score (nSPS) is 14.6. The van der Waals surface area contributed by atoms with Crippen molar-refractivity contribution in [1.29, 1.82) is 0 Å². The molecule has 3 amide bonds. The van der Waals surface area contributed by atoms with Gasteiger partial charge < -0.3 is 19.5 Å². The summed E-state index contributed by atoms with van der Waals surface area (Å²) in [5, 5.41) is 2.43. The number of imide groups is 1. The molecule has 1 aliphatic rings. The number of anilines is 1. The maximum absolute atomic E-state index is 12.8. The molecule has 0 unspecified atom stereocenters. The molecule has 8 nitrogen and oxygen atoms in total. The lowest BCUT2D eigenvalue weighted by Crippen LogP contribution is -2.36. The second-order valence-corrected chi connectivity index (χ2v) is 9.41. The summed E-state index contributed by atoms with van der Waals surface area (Å²) in [6.07, 6.45) is 1.60. The molecule has 1 aliphatic heterocycles. The number of benzene rings is 2. The number of hydrogen-bond acceptors (Lipinski definition) is 7. The predicted octanol–water partition coefficient (Wildman–Crippen LogP) is 5.46. The Labute approximate surface area is 213 Å². The van der Waals surface area contributed by atoms with Gasteiger partial charge in [-0.2, -0.15) is 0 Å². The first-order chi connectivity index (χ1) is 16.7. The van der Waals surface area contributed by atoms with Crippen LogP contribution in [0.5, 0.6) is 17.2 Å². The van der Waals surface area contributed by atoms with Crippen LogP contribution in [0.2, 0.25) is 5.02 Å². The van der Waals surface area contributed by atoms with E-state index < -0.39 is 23.6 Å². The number of ether oxygens (including phenoxy) is 3. The first kappa shape index (κ1) is 26.4. The van der Waals surface area contributed by atoms with Crippen LogP contribution in [0.4, 0.5) is 10.5 Å². The standard InChI is InChI=1S/C25H27ClN2O6S/c1-5-33-21-10-16(6-8-20(21)34-14-15(2)3)11-22-24(30)28(25(31)35-22)13-23(29)27-17-7-9-19(32-4)18(26)12-17/h6-12,15H,5,13-14H2,1-4H3,(H,27,29)/b22-11-. The lowest BCUT2D eigenvalue weighted by atomic mass is 10.1.